The molecule has 0 N–H and O–H groups in total. The SMILES string of the molecule is CCN1CN=C2CC=C3C(c4ccccc4F)=NN(Cl)C=CC3=C21. The molecular formula is C18H16ClFN4. The van der Waals surface area contributed by atoms with Gasteiger partial charge in [-0.05, 0) is 25.1 Å². The van der Waals surface area contributed by atoms with Crippen LogP contribution in [-0.2, 0) is 0 Å². The third kappa shape index (κ3) is 2.36. The molecule has 1 aromatic carbocycles. The summed E-state index contributed by atoms with van der Waals surface area (Å²) in [5, 5.41) is 4.38. The van der Waals surface area contributed by atoms with Crippen molar-refractivity contribution in [3.05, 3.63) is 70.8 Å². The topological polar surface area (TPSA) is 31.2 Å². The van der Waals surface area contributed by atoms with Crippen molar-refractivity contribution in [2.24, 2.45) is 10.1 Å². The summed E-state index contributed by atoms with van der Waals surface area (Å²) in [6.07, 6.45) is 6.38. The van der Waals surface area contributed by atoms with Gasteiger partial charge in [-0.2, -0.15) is 9.63 Å². The van der Waals surface area contributed by atoms with Crippen LogP contribution in [-0.4, -0.2) is 34.1 Å². The molecule has 0 radical (unpaired) electrons. The van der Waals surface area contributed by atoms with Crippen LogP contribution in [0.5, 0.6) is 0 Å². The van der Waals surface area contributed by atoms with E-state index >= 15 is 0 Å². The van der Waals surface area contributed by atoms with Crippen LogP contribution in [0.4, 0.5) is 4.39 Å². The van der Waals surface area contributed by atoms with E-state index in [9.17, 15) is 4.39 Å². The van der Waals surface area contributed by atoms with Gasteiger partial charge in [0.2, 0.25) is 0 Å². The van der Waals surface area contributed by atoms with Crippen LogP contribution in [0.25, 0.3) is 0 Å². The lowest BCUT2D eigenvalue weighted by Gasteiger charge is -2.25. The second kappa shape index (κ2) is 5.91. The number of nitrogens with zero attached hydrogens (tertiary/aromatic N) is 4. The first-order chi connectivity index (χ1) is 11.7. The summed E-state index contributed by atoms with van der Waals surface area (Å²) in [7, 11) is 0. The van der Waals surface area contributed by atoms with Gasteiger partial charge in [-0.1, -0.05) is 18.2 Å². The van der Waals surface area contributed by atoms with Crippen molar-refractivity contribution >= 4 is 23.2 Å². The molecule has 0 unspecified atom stereocenters. The number of halogens is 2. The zero-order valence-corrected chi connectivity index (χ0v) is 14.0. The van der Waals surface area contributed by atoms with Crippen molar-refractivity contribution in [1.29, 1.82) is 0 Å². The smallest absolute Gasteiger partial charge is 0.132 e. The van der Waals surface area contributed by atoms with Crippen LogP contribution in [0.1, 0.15) is 18.9 Å². The zero-order chi connectivity index (χ0) is 16.7. The zero-order valence-electron chi connectivity index (χ0n) is 13.2. The van der Waals surface area contributed by atoms with E-state index < -0.39 is 0 Å². The van der Waals surface area contributed by atoms with Crippen molar-refractivity contribution in [3.8, 4) is 0 Å². The molecule has 4 rings (SSSR count). The monoisotopic (exact) mass is 342 g/mol. The summed E-state index contributed by atoms with van der Waals surface area (Å²) >= 11 is 6.14. The molecule has 0 bridgehead atoms. The number of fused-ring (bicyclic) bond motifs is 2. The fraction of sp³-hybridized carbons (Fsp3) is 0.222. The van der Waals surface area contributed by atoms with E-state index in [0.29, 0.717) is 24.4 Å². The Kier molecular flexibility index (Phi) is 3.73. The number of hydrogen-bond donors (Lipinski definition) is 0. The summed E-state index contributed by atoms with van der Waals surface area (Å²) < 4.78 is 15.6. The minimum atomic E-state index is -0.313. The second-order valence-corrected chi connectivity index (χ2v) is 6.07. The first-order valence-electron chi connectivity index (χ1n) is 7.89. The second-order valence-electron chi connectivity index (χ2n) is 5.72. The molecule has 1 aromatic rings. The van der Waals surface area contributed by atoms with E-state index in [1.165, 1.54) is 10.6 Å². The third-order valence-corrected chi connectivity index (χ3v) is 4.58. The van der Waals surface area contributed by atoms with Gasteiger partial charge in [-0.15, -0.1) is 0 Å². The summed E-state index contributed by atoms with van der Waals surface area (Å²) in [5.74, 6) is -0.313. The summed E-state index contributed by atoms with van der Waals surface area (Å²) in [4.78, 5) is 6.82. The average Bonchev–Trinajstić information content (AvgIpc) is 2.94. The predicted molar refractivity (Wildman–Crippen MR) is 94.2 cm³/mol. The molecule has 6 heteroatoms. The van der Waals surface area contributed by atoms with Crippen LogP contribution in [0.15, 0.2) is 69.6 Å². The van der Waals surface area contributed by atoms with Gasteiger partial charge in [0.25, 0.3) is 0 Å². The molecule has 2 heterocycles. The van der Waals surface area contributed by atoms with Gasteiger partial charge < -0.3 is 4.90 Å². The first kappa shape index (κ1) is 15.1. The molecule has 0 aromatic heterocycles. The number of allylic oxidation sites excluding steroid dienone is 5. The van der Waals surface area contributed by atoms with Crippen molar-refractivity contribution in [3.63, 3.8) is 0 Å². The van der Waals surface area contributed by atoms with Crippen LogP contribution in [0, 0.1) is 5.82 Å². The number of rotatable bonds is 2. The van der Waals surface area contributed by atoms with Gasteiger partial charge in [0.15, 0.2) is 0 Å². The Labute approximate surface area is 145 Å². The van der Waals surface area contributed by atoms with Gasteiger partial charge in [-0.25, -0.2) is 4.39 Å². The molecule has 122 valence electrons. The highest BCUT2D eigenvalue weighted by molar-refractivity contribution is 6.21. The van der Waals surface area contributed by atoms with E-state index in [0.717, 1.165) is 29.1 Å². The summed E-state index contributed by atoms with van der Waals surface area (Å²) in [6.45, 7) is 3.63. The third-order valence-electron chi connectivity index (χ3n) is 4.39. The standard InChI is InChI=1S/C18H16ClFN4/c1-2-23-11-21-16-8-7-12-13(18(16)23)9-10-24(19)22-17(12)14-5-3-4-6-15(14)20/h3-7,9-10H,2,8,11H2,1H3. The fourth-order valence-electron chi connectivity index (χ4n) is 3.24. The Balaban J connectivity index is 1.91. The van der Waals surface area contributed by atoms with Crippen molar-refractivity contribution < 1.29 is 4.39 Å². The number of hydrogen-bond acceptors (Lipinski definition) is 4. The molecule has 3 aliphatic rings. The minimum Gasteiger partial charge on any atom is -0.350 e. The highest BCUT2D eigenvalue weighted by Crippen LogP contribution is 2.34. The van der Waals surface area contributed by atoms with Gasteiger partial charge >= 0.3 is 0 Å². The minimum absolute atomic E-state index is 0.313. The van der Waals surface area contributed by atoms with Crippen LogP contribution >= 0.6 is 11.8 Å². The lowest BCUT2D eigenvalue weighted by molar-refractivity contribution is 0.410. The van der Waals surface area contributed by atoms with Gasteiger partial charge in [0.1, 0.15) is 18.2 Å². The van der Waals surface area contributed by atoms with E-state index in [4.69, 9.17) is 11.8 Å². The summed E-state index contributed by atoms with van der Waals surface area (Å²) in [5.41, 5.74) is 5.03. The Morgan fingerprint density at radius 2 is 2.12 bits per heavy atom. The Bertz CT molecular complexity index is 850. The molecule has 0 saturated carbocycles. The van der Waals surface area contributed by atoms with Crippen LogP contribution < -0.4 is 0 Å². The molecule has 0 fully saturated rings. The Morgan fingerprint density at radius 1 is 1.29 bits per heavy atom. The van der Waals surface area contributed by atoms with Gasteiger partial charge in [-0.3, -0.25) is 4.99 Å². The van der Waals surface area contributed by atoms with E-state index in [1.54, 1.807) is 24.4 Å². The number of benzene rings is 1. The highest BCUT2D eigenvalue weighted by Gasteiger charge is 2.31. The molecular weight excluding hydrogens is 327 g/mol. The van der Waals surface area contributed by atoms with E-state index in [-0.39, 0.29) is 5.82 Å². The predicted octanol–water partition coefficient (Wildman–Crippen LogP) is 3.83. The molecule has 0 saturated heterocycles. The van der Waals surface area contributed by atoms with Crippen LogP contribution in [0.2, 0.25) is 0 Å². The molecule has 4 nitrogen and oxygen atoms in total. The molecule has 24 heavy (non-hydrogen) atoms. The van der Waals surface area contributed by atoms with Crippen molar-refractivity contribution in [1.82, 2.24) is 9.43 Å². The Morgan fingerprint density at radius 3 is 2.92 bits per heavy atom. The lowest BCUT2D eigenvalue weighted by atomic mass is 9.87. The van der Waals surface area contributed by atoms with E-state index in [2.05, 4.69) is 28.0 Å². The maximum atomic E-state index is 14.4. The van der Waals surface area contributed by atoms with Crippen molar-refractivity contribution in [2.75, 3.05) is 13.2 Å². The molecule has 0 spiro atoms. The largest absolute Gasteiger partial charge is 0.350 e. The number of aliphatic imine (C=N–C) groups is 1. The maximum Gasteiger partial charge on any atom is 0.132 e. The number of hydrazone groups is 1. The molecule has 0 amide bonds. The maximum absolute atomic E-state index is 14.4. The van der Waals surface area contributed by atoms with Crippen LogP contribution in [0.3, 0.4) is 0 Å². The van der Waals surface area contributed by atoms with Gasteiger partial charge in [0, 0.05) is 47.7 Å². The highest BCUT2D eigenvalue weighted by atomic mass is 35.5. The molecule has 1 aliphatic carbocycles. The molecule has 2 aliphatic heterocycles. The lowest BCUT2D eigenvalue weighted by Crippen LogP contribution is -2.25. The Hall–Kier alpha value is -2.40. The normalized spacial score (nSPS) is 19.5. The van der Waals surface area contributed by atoms with Gasteiger partial charge in [0.05, 0.1) is 11.4 Å². The van der Waals surface area contributed by atoms with Crippen molar-refractivity contribution in [2.45, 2.75) is 13.3 Å². The summed E-state index contributed by atoms with van der Waals surface area (Å²) in [6, 6.07) is 6.63. The van der Waals surface area contributed by atoms with E-state index in [1.807, 2.05) is 6.08 Å². The first-order valence-corrected chi connectivity index (χ1v) is 8.23. The average molecular weight is 343 g/mol. The molecule has 0 atom stereocenters. The quantitative estimate of drug-likeness (QED) is 0.765. The fourth-order valence-corrected chi connectivity index (χ4v) is 3.38.